The van der Waals surface area contributed by atoms with E-state index in [2.05, 4.69) is 5.32 Å². The van der Waals surface area contributed by atoms with Crippen LogP contribution in [0.2, 0.25) is 0 Å². The van der Waals surface area contributed by atoms with Crippen LogP contribution in [0.15, 0.2) is 42.5 Å². The van der Waals surface area contributed by atoms with Gasteiger partial charge < -0.3 is 19.7 Å². The molecule has 3 rings (SSSR count). The molecule has 0 fully saturated rings. The summed E-state index contributed by atoms with van der Waals surface area (Å²) < 4.78 is 24.2. The van der Waals surface area contributed by atoms with Crippen LogP contribution in [0.5, 0.6) is 5.75 Å². The molecule has 1 N–H and O–H groups in total. The summed E-state index contributed by atoms with van der Waals surface area (Å²) in [6.45, 7) is 5.80. The first-order valence-electron chi connectivity index (χ1n) is 9.88. The number of hydrogen-bond donors (Lipinski definition) is 1. The average molecular weight is 425 g/mol. The fourth-order valence-electron chi connectivity index (χ4n) is 3.17. The van der Waals surface area contributed by atoms with Crippen LogP contribution in [0, 0.1) is 17.1 Å². The summed E-state index contributed by atoms with van der Waals surface area (Å²) in [4.78, 5) is 26.5. The zero-order chi connectivity index (χ0) is 22.6. The SMILES string of the molecule is CC(C)(C)OC(=O)N[C@H](C#N)Cc1ccc2c(c1)OCCN(c1ccc(F)cc1)C2=O. The van der Waals surface area contributed by atoms with Crippen molar-refractivity contribution in [2.45, 2.75) is 38.8 Å². The number of carbonyl (C=O) groups excluding carboxylic acids is 2. The molecule has 0 radical (unpaired) electrons. The molecule has 31 heavy (non-hydrogen) atoms. The first kappa shape index (κ1) is 22.1. The number of nitrogens with zero attached hydrogens (tertiary/aromatic N) is 2. The fourth-order valence-corrected chi connectivity index (χ4v) is 3.17. The summed E-state index contributed by atoms with van der Waals surface area (Å²) in [6, 6.07) is 12.0. The van der Waals surface area contributed by atoms with E-state index in [4.69, 9.17) is 9.47 Å². The van der Waals surface area contributed by atoms with Crippen LogP contribution in [0.4, 0.5) is 14.9 Å². The maximum Gasteiger partial charge on any atom is 0.408 e. The van der Waals surface area contributed by atoms with Crippen LogP contribution in [0.25, 0.3) is 0 Å². The minimum atomic E-state index is -0.801. The van der Waals surface area contributed by atoms with Crippen LogP contribution in [-0.2, 0) is 11.2 Å². The number of carbonyl (C=O) groups is 2. The molecule has 162 valence electrons. The molecule has 1 heterocycles. The molecule has 0 spiro atoms. The van der Waals surface area contributed by atoms with Crippen molar-refractivity contribution in [1.82, 2.24) is 5.32 Å². The molecule has 7 nitrogen and oxygen atoms in total. The van der Waals surface area contributed by atoms with Crippen molar-refractivity contribution in [2.75, 3.05) is 18.1 Å². The Bertz CT molecular complexity index is 1010. The normalized spacial score (nSPS) is 14.5. The van der Waals surface area contributed by atoms with Gasteiger partial charge in [-0.25, -0.2) is 9.18 Å². The number of anilines is 1. The summed E-state index contributed by atoms with van der Waals surface area (Å²) in [5.41, 5.74) is 1.01. The number of nitrogens with one attached hydrogen (secondary N) is 1. The number of ether oxygens (including phenoxy) is 2. The second-order valence-electron chi connectivity index (χ2n) is 8.14. The largest absolute Gasteiger partial charge is 0.491 e. The third-order valence-electron chi connectivity index (χ3n) is 4.52. The third kappa shape index (κ3) is 5.72. The smallest absolute Gasteiger partial charge is 0.408 e. The van der Waals surface area contributed by atoms with Crippen molar-refractivity contribution in [3.63, 3.8) is 0 Å². The molecule has 0 saturated carbocycles. The van der Waals surface area contributed by atoms with E-state index in [1.807, 2.05) is 6.07 Å². The minimum Gasteiger partial charge on any atom is -0.491 e. The molecule has 0 aromatic heterocycles. The van der Waals surface area contributed by atoms with Gasteiger partial charge in [-0.15, -0.1) is 0 Å². The summed E-state index contributed by atoms with van der Waals surface area (Å²) >= 11 is 0. The van der Waals surface area contributed by atoms with Crippen molar-refractivity contribution in [3.05, 3.63) is 59.4 Å². The molecule has 2 amide bonds. The van der Waals surface area contributed by atoms with Gasteiger partial charge in [0.1, 0.15) is 29.8 Å². The van der Waals surface area contributed by atoms with Gasteiger partial charge in [-0.3, -0.25) is 4.79 Å². The molecule has 2 aromatic carbocycles. The lowest BCUT2D eigenvalue weighted by Gasteiger charge is -2.21. The molecule has 0 aliphatic carbocycles. The highest BCUT2D eigenvalue weighted by atomic mass is 19.1. The van der Waals surface area contributed by atoms with E-state index in [1.54, 1.807) is 51.1 Å². The van der Waals surface area contributed by atoms with Crippen LogP contribution < -0.4 is 15.0 Å². The first-order chi connectivity index (χ1) is 14.7. The highest BCUT2D eigenvalue weighted by Crippen LogP contribution is 2.28. The maximum atomic E-state index is 13.2. The quantitative estimate of drug-likeness (QED) is 0.804. The predicted octanol–water partition coefficient (Wildman–Crippen LogP) is 3.82. The fraction of sp³-hybridized carbons (Fsp3) is 0.348. The van der Waals surface area contributed by atoms with Gasteiger partial charge in [0.25, 0.3) is 5.91 Å². The van der Waals surface area contributed by atoms with Gasteiger partial charge in [0.05, 0.1) is 18.2 Å². The standard InChI is InChI=1S/C23H24FN3O4/c1-23(2,3)31-22(29)26-17(14-25)12-15-4-9-19-20(13-15)30-11-10-27(21(19)28)18-7-5-16(24)6-8-18/h4-9,13,17H,10-12H2,1-3H3,(H,26,29)/t17-/m0/s1. The summed E-state index contributed by atoms with van der Waals surface area (Å²) in [5.74, 6) is -0.227. The van der Waals surface area contributed by atoms with E-state index >= 15 is 0 Å². The third-order valence-corrected chi connectivity index (χ3v) is 4.52. The van der Waals surface area contributed by atoms with Gasteiger partial charge in [-0.05, 0) is 62.7 Å². The van der Waals surface area contributed by atoms with Gasteiger partial charge in [0, 0.05) is 12.1 Å². The second-order valence-corrected chi connectivity index (χ2v) is 8.14. The number of benzene rings is 2. The number of halogens is 1. The monoisotopic (exact) mass is 425 g/mol. The molecule has 8 heteroatoms. The molecular weight excluding hydrogens is 401 g/mol. The van der Waals surface area contributed by atoms with Crippen LogP contribution in [0.3, 0.4) is 0 Å². The Labute approximate surface area is 180 Å². The number of rotatable bonds is 4. The Kier molecular flexibility index (Phi) is 6.44. The van der Waals surface area contributed by atoms with Crippen molar-refractivity contribution >= 4 is 17.7 Å². The predicted molar refractivity (Wildman–Crippen MR) is 112 cm³/mol. The Balaban J connectivity index is 1.75. The lowest BCUT2D eigenvalue weighted by Crippen LogP contribution is -2.39. The van der Waals surface area contributed by atoms with Gasteiger partial charge in [-0.1, -0.05) is 6.07 Å². The minimum absolute atomic E-state index is 0.224. The Morgan fingerprint density at radius 3 is 2.65 bits per heavy atom. The number of nitriles is 1. The lowest BCUT2D eigenvalue weighted by molar-refractivity contribution is 0.0515. The molecule has 0 saturated heterocycles. The Morgan fingerprint density at radius 2 is 2.00 bits per heavy atom. The van der Waals surface area contributed by atoms with E-state index in [9.17, 15) is 19.2 Å². The van der Waals surface area contributed by atoms with E-state index in [0.717, 1.165) is 5.56 Å². The molecule has 1 aliphatic rings. The molecule has 0 unspecified atom stereocenters. The van der Waals surface area contributed by atoms with Gasteiger partial charge >= 0.3 is 6.09 Å². The number of fused-ring (bicyclic) bond motifs is 1. The topological polar surface area (TPSA) is 91.7 Å². The summed E-state index contributed by atoms with van der Waals surface area (Å²) in [7, 11) is 0. The molecule has 2 aromatic rings. The van der Waals surface area contributed by atoms with Crippen molar-refractivity contribution in [3.8, 4) is 11.8 Å². The van der Waals surface area contributed by atoms with Gasteiger partial charge in [0.2, 0.25) is 0 Å². The van der Waals surface area contributed by atoms with Gasteiger partial charge in [-0.2, -0.15) is 5.26 Å². The first-order valence-corrected chi connectivity index (χ1v) is 9.88. The lowest BCUT2D eigenvalue weighted by atomic mass is 10.0. The van der Waals surface area contributed by atoms with E-state index in [1.165, 1.54) is 17.0 Å². The molecule has 0 bridgehead atoms. The molecule has 1 atom stereocenters. The average Bonchev–Trinajstić information content (AvgIpc) is 2.85. The van der Waals surface area contributed by atoms with Crippen LogP contribution in [0.1, 0.15) is 36.7 Å². The van der Waals surface area contributed by atoms with Gasteiger partial charge in [0.15, 0.2) is 0 Å². The maximum absolute atomic E-state index is 13.2. The zero-order valence-electron chi connectivity index (χ0n) is 17.6. The molecular formula is C23H24FN3O4. The van der Waals surface area contributed by atoms with Crippen LogP contribution in [-0.4, -0.2) is 36.8 Å². The summed E-state index contributed by atoms with van der Waals surface area (Å²) in [6.07, 6.45) is -0.447. The number of amides is 2. The highest BCUT2D eigenvalue weighted by Gasteiger charge is 2.26. The van der Waals surface area contributed by atoms with E-state index in [0.29, 0.717) is 23.5 Å². The second kappa shape index (κ2) is 9.04. The summed E-state index contributed by atoms with van der Waals surface area (Å²) in [5, 5.41) is 11.9. The van der Waals surface area contributed by atoms with Crippen LogP contribution >= 0.6 is 0 Å². The van der Waals surface area contributed by atoms with Crippen molar-refractivity contribution < 1.29 is 23.5 Å². The zero-order valence-corrected chi connectivity index (χ0v) is 17.6. The Hall–Kier alpha value is -3.60. The highest BCUT2D eigenvalue weighted by molar-refractivity contribution is 6.08. The number of hydrogen-bond acceptors (Lipinski definition) is 5. The molecule has 1 aliphatic heterocycles. The van der Waals surface area contributed by atoms with E-state index < -0.39 is 17.7 Å². The number of alkyl carbamates (subject to hydrolysis) is 1. The van der Waals surface area contributed by atoms with Crippen molar-refractivity contribution in [2.24, 2.45) is 0 Å². The van der Waals surface area contributed by atoms with E-state index in [-0.39, 0.29) is 24.8 Å². The van der Waals surface area contributed by atoms with Crippen molar-refractivity contribution in [1.29, 1.82) is 5.26 Å². The Morgan fingerprint density at radius 1 is 1.29 bits per heavy atom.